The highest BCUT2D eigenvalue weighted by atomic mass is 16.4. The Kier molecular flexibility index (Phi) is 24.9. The third-order valence-electron chi connectivity index (χ3n) is 0.957. The summed E-state index contributed by atoms with van der Waals surface area (Å²) < 4.78 is 0. The SMILES string of the molecule is CC(=O)O.CC(C)O.CCCCCC. The molecule has 0 radical (unpaired) electrons. The van der Waals surface area contributed by atoms with Crippen LogP contribution in [0.4, 0.5) is 0 Å². The van der Waals surface area contributed by atoms with E-state index in [1.54, 1.807) is 13.8 Å². The summed E-state index contributed by atoms with van der Waals surface area (Å²) in [7, 11) is 0. The van der Waals surface area contributed by atoms with E-state index < -0.39 is 5.97 Å². The van der Waals surface area contributed by atoms with Crippen molar-refractivity contribution in [3.05, 3.63) is 0 Å². The third-order valence-corrected chi connectivity index (χ3v) is 0.957. The number of carbonyl (C=O) groups is 1. The van der Waals surface area contributed by atoms with E-state index in [4.69, 9.17) is 15.0 Å². The second-order valence-corrected chi connectivity index (χ2v) is 3.32. The zero-order valence-corrected chi connectivity index (χ0v) is 10.2. The van der Waals surface area contributed by atoms with Crippen LogP contribution in [0, 0.1) is 0 Å². The van der Waals surface area contributed by atoms with Crippen molar-refractivity contribution in [3.8, 4) is 0 Å². The van der Waals surface area contributed by atoms with Gasteiger partial charge in [0, 0.05) is 13.0 Å². The zero-order valence-electron chi connectivity index (χ0n) is 10.2. The van der Waals surface area contributed by atoms with Gasteiger partial charge in [-0.2, -0.15) is 0 Å². The minimum atomic E-state index is -0.833. The topological polar surface area (TPSA) is 57.5 Å². The molecule has 0 saturated carbocycles. The fraction of sp³-hybridized carbons (Fsp3) is 0.909. The average molecular weight is 206 g/mol. The van der Waals surface area contributed by atoms with Crippen LogP contribution in [-0.2, 0) is 4.79 Å². The van der Waals surface area contributed by atoms with Crippen molar-refractivity contribution < 1.29 is 15.0 Å². The lowest BCUT2D eigenvalue weighted by atomic mass is 10.2. The lowest BCUT2D eigenvalue weighted by molar-refractivity contribution is -0.134. The minimum Gasteiger partial charge on any atom is -0.481 e. The van der Waals surface area contributed by atoms with Gasteiger partial charge in [-0.25, -0.2) is 0 Å². The quantitative estimate of drug-likeness (QED) is 0.698. The number of carboxylic acids is 1. The summed E-state index contributed by atoms with van der Waals surface area (Å²) in [6, 6.07) is 0. The number of unbranched alkanes of at least 4 members (excludes halogenated alkanes) is 3. The molecule has 14 heavy (non-hydrogen) atoms. The second kappa shape index (κ2) is 18.3. The summed E-state index contributed by atoms with van der Waals surface area (Å²) in [5.41, 5.74) is 0. The molecule has 0 aromatic carbocycles. The number of hydrogen-bond donors (Lipinski definition) is 2. The Morgan fingerprint density at radius 1 is 1.14 bits per heavy atom. The van der Waals surface area contributed by atoms with Gasteiger partial charge in [0.2, 0.25) is 0 Å². The van der Waals surface area contributed by atoms with Gasteiger partial charge < -0.3 is 10.2 Å². The third kappa shape index (κ3) is 211. The average Bonchev–Trinajstić information content (AvgIpc) is 1.98. The first-order chi connectivity index (χ1) is 6.38. The highest BCUT2D eigenvalue weighted by Crippen LogP contribution is 1.95. The molecule has 3 heteroatoms. The zero-order chi connectivity index (χ0) is 12.0. The summed E-state index contributed by atoms with van der Waals surface area (Å²) in [6.45, 7) is 8.99. The van der Waals surface area contributed by atoms with Crippen LogP contribution in [0.3, 0.4) is 0 Å². The first-order valence-corrected chi connectivity index (χ1v) is 5.25. The van der Waals surface area contributed by atoms with Crippen LogP contribution in [0.2, 0.25) is 0 Å². The molecule has 3 nitrogen and oxygen atoms in total. The fourth-order valence-electron chi connectivity index (χ4n) is 0.500. The van der Waals surface area contributed by atoms with E-state index in [0.29, 0.717) is 0 Å². The maximum atomic E-state index is 9.00. The van der Waals surface area contributed by atoms with Crippen LogP contribution in [0.15, 0.2) is 0 Å². The number of carboxylic acid groups (broad SMARTS) is 1. The molecule has 0 rings (SSSR count). The molecular weight excluding hydrogens is 180 g/mol. The molecule has 0 aliphatic heterocycles. The molecule has 2 N–H and O–H groups in total. The molecule has 0 aliphatic rings. The summed E-state index contributed by atoms with van der Waals surface area (Å²) in [6.07, 6.45) is 5.37. The van der Waals surface area contributed by atoms with Gasteiger partial charge in [-0.15, -0.1) is 0 Å². The molecule has 0 heterocycles. The summed E-state index contributed by atoms with van der Waals surface area (Å²) in [5, 5.41) is 15.5. The van der Waals surface area contributed by atoms with Crippen LogP contribution in [0.25, 0.3) is 0 Å². The standard InChI is InChI=1S/C6H14.C3H8O.C2H4O2/c1-3-5-6-4-2;1-3(2)4;1-2(3)4/h3-6H2,1-2H3;3-4H,1-2H3;1H3,(H,3,4). The number of hydrogen-bond acceptors (Lipinski definition) is 2. The van der Waals surface area contributed by atoms with Crippen molar-refractivity contribution in [3.63, 3.8) is 0 Å². The van der Waals surface area contributed by atoms with E-state index in [-0.39, 0.29) is 6.10 Å². The Morgan fingerprint density at radius 2 is 1.29 bits per heavy atom. The molecule has 0 aliphatic carbocycles. The highest BCUT2D eigenvalue weighted by molar-refractivity contribution is 5.62. The summed E-state index contributed by atoms with van der Waals surface area (Å²) in [5.74, 6) is -0.833. The van der Waals surface area contributed by atoms with Gasteiger partial charge in [-0.3, -0.25) is 4.79 Å². The van der Waals surface area contributed by atoms with Gasteiger partial charge in [0.05, 0.1) is 0 Å². The Hall–Kier alpha value is -0.570. The summed E-state index contributed by atoms with van der Waals surface area (Å²) >= 11 is 0. The van der Waals surface area contributed by atoms with Gasteiger partial charge in [0.1, 0.15) is 0 Å². The number of aliphatic hydroxyl groups is 1. The van der Waals surface area contributed by atoms with Crippen molar-refractivity contribution in [2.45, 2.75) is 66.4 Å². The molecule has 0 aromatic heterocycles. The predicted molar refractivity (Wildman–Crippen MR) is 60.5 cm³/mol. The Morgan fingerprint density at radius 3 is 1.36 bits per heavy atom. The molecule has 0 atom stereocenters. The Balaban J connectivity index is -0.000000135. The van der Waals surface area contributed by atoms with Crippen LogP contribution < -0.4 is 0 Å². The molecule has 0 amide bonds. The van der Waals surface area contributed by atoms with Crippen LogP contribution in [-0.4, -0.2) is 22.3 Å². The normalized spacial score (nSPS) is 8.21. The predicted octanol–water partition coefficient (Wildman–Crippen LogP) is 3.06. The van der Waals surface area contributed by atoms with Crippen LogP contribution in [0.1, 0.15) is 60.3 Å². The van der Waals surface area contributed by atoms with Crippen molar-refractivity contribution in [1.29, 1.82) is 0 Å². The number of rotatable bonds is 3. The van der Waals surface area contributed by atoms with E-state index in [0.717, 1.165) is 6.92 Å². The molecule has 0 saturated heterocycles. The van der Waals surface area contributed by atoms with E-state index in [9.17, 15) is 0 Å². The monoisotopic (exact) mass is 206 g/mol. The molecule has 0 aromatic rings. The lowest BCUT2D eigenvalue weighted by Gasteiger charge is -1.86. The highest BCUT2D eigenvalue weighted by Gasteiger charge is 1.75. The first kappa shape index (κ1) is 19.1. The van der Waals surface area contributed by atoms with Crippen LogP contribution in [0.5, 0.6) is 0 Å². The van der Waals surface area contributed by atoms with Gasteiger partial charge >= 0.3 is 0 Å². The van der Waals surface area contributed by atoms with Crippen molar-refractivity contribution >= 4 is 5.97 Å². The number of aliphatic hydroxyl groups excluding tert-OH is 1. The van der Waals surface area contributed by atoms with Gasteiger partial charge in [-0.1, -0.05) is 39.5 Å². The van der Waals surface area contributed by atoms with Crippen molar-refractivity contribution in [1.82, 2.24) is 0 Å². The summed E-state index contributed by atoms with van der Waals surface area (Å²) in [4.78, 5) is 9.00. The molecule has 88 valence electrons. The van der Waals surface area contributed by atoms with E-state index in [1.165, 1.54) is 25.7 Å². The first-order valence-electron chi connectivity index (χ1n) is 5.25. The van der Waals surface area contributed by atoms with E-state index in [2.05, 4.69) is 13.8 Å². The van der Waals surface area contributed by atoms with Crippen molar-refractivity contribution in [2.75, 3.05) is 0 Å². The Bertz CT molecular complexity index is 90.0. The van der Waals surface area contributed by atoms with Gasteiger partial charge in [0.15, 0.2) is 0 Å². The van der Waals surface area contributed by atoms with Gasteiger partial charge in [-0.05, 0) is 13.8 Å². The Labute approximate surface area is 88.2 Å². The molecular formula is C11H26O3. The molecule has 0 unspecified atom stereocenters. The fourth-order valence-corrected chi connectivity index (χ4v) is 0.500. The van der Waals surface area contributed by atoms with Crippen molar-refractivity contribution in [2.24, 2.45) is 0 Å². The van der Waals surface area contributed by atoms with Gasteiger partial charge in [0.25, 0.3) is 5.97 Å². The second-order valence-electron chi connectivity index (χ2n) is 3.32. The van der Waals surface area contributed by atoms with Crippen LogP contribution >= 0.6 is 0 Å². The minimum absolute atomic E-state index is 0.167. The number of aliphatic carboxylic acids is 1. The molecule has 0 spiro atoms. The molecule has 0 fully saturated rings. The maximum absolute atomic E-state index is 9.00. The van der Waals surface area contributed by atoms with E-state index >= 15 is 0 Å². The molecule has 0 bridgehead atoms. The smallest absolute Gasteiger partial charge is 0.300 e. The van der Waals surface area contributed by atoms with E-state index in [1.807, 2.05) is 0 Å². The maximum Gasteiger partial charge on any atom is 0.300 e. The lowest BCUT2D eigenvalue weighted by Crippen LogP contribution is -1.85. The largest absolute Gasteiger partial charge is 0.481 e.